The van der Waals surface area contributed by atoms with Crippen molar-refractivity contribution >= 4 is 0 Å². The van der Waals surface area contributed by atoms with Crippen LogP contribution in [0, 0.1) is 17.3 Å². The van der Waals surface area contributed by atoms with Gasteiger partial charge in [0.05, 0.1) is 0 Å². The summed E-state index contributed by atoms with van der Waals surface area (Å²) in [4.78, 5) is 0. The Kier molecular flexibility index (Phi) is 1.20. The quantitative estimate of drug-likeness (QED) is 0.565. The Balaban J connectivity index is 1.76. The van der Waals surface area contributed by atoms with E-state index in [0.717, 1.165) is 11.3 Å². The Morgan fingerprint density at radius 2 is 1.73 bits per heavy atom. The molecule has 0 amide bonds. The van der Waals surface area contributed by atoms with Crippen molar-refractivity contribution in [1.82, 2.24) is 0 Å². The summed E-state index contributed by atoms with van der Waals surface area (Å²) in [5, 5.41) is 0. The minimum atomic E-state index is 0.845. The summed E-state index contributed by atoms with van der Waals surface area (Å²) in [5.41, 5.74) is 0.845. The summed E-state index contributed by atoms with van der Waals surface area (Å²) >= 11 is 0. The highest BCUT2D eigenvalue weighted by atomic mass is 14.6. The van der Waals surface area contributed by atoms with Crippen LogP contribution in [0.25, 0.3) is 0 Å². The van der Waals surface area contributed by atoms with Crippen LogP contribution in [-0.4, -0.2) is 0 Å². The Hall–Kier alpha value is 0. The zero-order valence-corrected chi connectivity index (χ0v) is 7.23. The molecule has 0 aliphatic heterocycles. The molecular formula is C11H17. The fourth-order valence-electron chi connectivity index (χ4n) is 3.10. The highest BCUT2D eigenvalue weighted by Crippen LogP contribution is 2.65. The van der Waals surface area contributed by atoms with Gasteiger partial charge < -0.3 is 0 Å². The summed E-state index contributed by atoms with van der Waals surface area (Å²) < 4.78 is 0. The molecular weight excluding hydrogens is 132 g/mol. The van der Waals surface area contributed by atoms with Crippen LogP contribution in [-0.2, 0) is 0 Å². The van der Waals surface area contributed by atoms with Crippen LogP contribution in [0.1, 0.15) is 51.4 Å². The largest absolute Gasteiger partial charge is 0.0522 e. The molecule has 0 aromatic carbocycles. The molecule has 61 valence electrons. The maximum atomic E-state index is 1.98. The monoisotopic (exact) mass is 149 g/mol. The second kappa shape index (κ2) is 2.02. The second-order valence-corrected chi connectivity index (χ2v) is 4.74. The lowest BCUT2D eigenvalue weighted by Gasteiger charge is -2.52. The van der Waals surface area contributed by atoms with E-state index in [2.05, 4.69) is 0 Å². The van der Waals surface area contributed by atoms with Crippen LogP contribution in [0.4, 0.5) is 0 Å². The fraction of sp³-hybridized carbons (Fsp3) is 0.909. The standard InChI is InChI=1S/C11H17/c1-3-9(4-1)11(7-2-8-11)10-5-6-10/h10H,1-8H2. The van der Waals surface area contributed by atoms with Gasteiger partial charge in [0.2, 0.25) is 0 Å². The van der Waals surface area contributed by atoms with Gasteiger partial charge in [0.1, 0.15) is 0 Å². The van der Waals surface area contributed by atoms with E-state index in [1.807, 2.05) is 5.92 Å². The normalized spacial score (nSPS) is 36.0. The molecule has 0 saturated heterocycles. The van der Waals surface area contributed by atoms with Gasteiger partial charge in [-0.25, -0.2) is 0 Å². The fourth-order valence-corrected chi connectivity index (χ4v) is 3.10. The number of hydrogen-bond acceptors (Lipinski definition) is 0. The first-order valence-corrected chi connectivity index (χ1v) is 5.27. The molecule has 1 radical (unpaired) electrons. The summed E-state index contributed by atoms with van der Waals surface area (Å²) in [5.74, 6) is 3.14. The summed E-state index contributed by atoms with van der Waals surface area (Å²) in [6.07, 6.45) is 12.3. The summed E-state index contributed by atoms with van der Waals surface area (Å²) in [6, 6.07) is 0. The lowest BCUT2D eigenvalue weighted by Crippen LogP contribution is -2.41. The van der Waals surface area contributed by atoms with E-state index < -0.39 is 0 Å². The molecule has 0 aromatic heterocycles. The van der Waals surface area contributed by atoms with Crippen molar-refractivity contribution in [3.63, 3.8) is 0 Å². The van der Waals surface area contributed by atoms with Crippen molar-refractivity contribution in [2.45, 2.75) is 51.4 Å². The Labute approximate surface area is 69.4 Å². The van der Waals surface area contributed by atoms with Gasteiger partial charge in [0.15, 0.2) is 0 Å². The highest BCUT2D eigenvalue weighted by Gasteiger charge is 2.54. The van der Waals surface area contributed by atoms with Crippen molar-refractivity contribution < 1.29 is 0 Å². The van der Waals surface area contributed by atoms with E-state index >= 15 is 0 Å². The van der Waals surface area contributed by atoms with Crippen molar-refractivity contribution in [3.05, 3.63) is 5.92 Å². The molecule has 3 rings (SSSR count). The van der Waals surface area contributed by atoms with E-state index in [-0.39, 0.29) is 0 Å². The van der Waals surface area contributed by atoms with Gasteiger partial charge in [0.25, 0.3) is 0 Å². The first-order valence-electron chi connectivity index (χ1n) is 5.27. The molecule has 0 bridgehead atoms. The molecule has 3 aliphatic carbocycles. The predicted octanol–water partition coefficient (Wildman–Crippen LogP) is 3.33. The SMILES string of the molecule is C1C[C](C2(C3CC3)CCC2)C1. The van der Waals surface area contributed by atoms with E-state index in [1.54, 1.807) is 25.7 Å². The molecule has 0 heterocycles. The first-order chi connectivity index (χ1) is 5.42. The van der Waals surface area contributed by atoms with Crippen molar-refractivity contribution in [2.24, 2.45) is 11.3 Å². The third kappa shape index (κ3) is 0.761. The zero-order chi connectivity index (χ0) is 7.31. The minimum absolute atomic E-state index is 0.845. The van der Waals surface area contributed by atoms with E-state index in [4.69, 9.17) is 0 Å². The zero-order valence-electron chi connectivity index (χ0n) is 7.23. The van der Waals surface area contributed by atoms with Gasteiger partial charge in [-0.1, -0.05) is 12.8 Å². The Morgan fingerprint density at radius 1 is 1.00 bits per heavy atom. The third-order valence-corrected chi connectivity index (χ3v) is 4.27. The van der Waals surface area contributed by atoms with Crippen LogP contribution in [0.15, 0.2) is 0 Å². The second-order valence-electron chi connectivity index (χ2n) is 4.74. The molecule has 0 aromatic rings. The van der Waals surface area contributed by atoms with Gasteiger partial charge in [-0.05, 0) is 55.8 Å². The lowest BCUT2D eigenvalue weighted by atomic mass is 9.53. The average Bonchev–Trinajstić information content (AvgIpc) is 2.53. The third-order valence-electron chi connectivity index (χ3n) is 4.27. The van der Waals surface area contributed by atoms with Crippen molar-refractivity contribution in [2.75, 3.05) is 0 Å². The molecule has 0 atom stereocenters. The van der Waals surface area contributed by atoms with Crippen LogP contribution in [0.5, 0.6) is 0 Å². The maximum absolute atomic E-state index is 1.98. The van der Waals surface area contributed by atoms with E-state index in [0.29, 0.717) is 0 Å². The smallest absolute Gasteiger partial charge is 0.0176 e. The Bertz CT molecular complexity index is 159. The van der Waals surface area contributed by atoms with Crippen LogP contribution >= 0.6 is 0 Å². The molecule has 0 heteroatoms. The molecule has 0 nitrogen and oxygen atoms in total. The van der Waals surface area contributed by atoms with Gasteiger partial charge in [-0.2, -0.15) is 0 Å². The van der Waals surface area contributed by atoms with Crippen molar-refractivity contribution in [1.29, 1.82) is 0 Å². The topological polar surface area (TPSA) is 0 Å². The van der Waals surface area contributed by atoms with Gasteiger partial charge in [-0.15, -0.1) is 0 Å². The maximum Gasteiger partial charge on any atom is -0.0176 e. The van der Waals surface area contributed by atoms with Gasteiger partial charge in [-0.3, -0.25) is 0 Å². The molecule has 0 spiro atoms. The molecule has 0 N–H and O–H groups in total. The molecule has 3 saturated carbocycles. The average molecular weight is 149 g/mol. The Morgan fingerprint density at radius 3 is 2.00 bits per heavy atom. The highest BCUT2D eigenvalue weighted by molar-refractivity contribution is 5.20. The van der Waals surface area contributed by atoms with Crippen molar-refractivity contribution in [3.8, 4) is 0 Å². The van der Waals surface area contributed by atoms with E-state index in [9.17, 15) is 0 Å². The predicted molar refractivity (Wildman–Crippen MR) is 46.1 cm³/mol. The van der Waals surface area contributed by atoms with Crippen LogP contribution in [0.2, 0.25) is 0 Å². The van der Waals surface area contributed by atoms with Gasteiger partial charge in [0, 0.05) is 0 Å². The van der Waals surface area contributed by atoms with Crippen LogP contribution < -0.4 is 0 Å². The summed E-state index contributed by atoms with van der Waals surface area (Å²) in [7, 11) is 0. The lowest BCUT2D eigenvalue weighted by molar-refractivity contribution is 0.0856. The minimum Gasteiger partial charge on any atom is -0.0522 e. The van der Waals surface area contributed by atoms with Gasteiger partial charge >= 0.3 is 0 Å². The first kappa shape index (κ1) is 6.51. The molecule has 3 fully saturated rings. The number of rotatable bonds is 2. The number of hydrogen-bond donors (Lipinski definition) is 0. The van der Waals surface area contributed by atoms with E-state index in [1.165, 1.54) is 25.7 Å². The van der Waals surface area contributed by atoms with Crippen LogP contribution in [0.3, 0.4) is 0 Å². The molecule has 0 unspecified atom stereocenters. The molecule has 3 aliphatic rings. The summed E-state index contributed by atoms with van der Waals surface area (Å²) in [6.45, 7) is 0. The molecule has 11 heavy (non-hydrogen) atoms.